The molecule has 8 nitrogen and oxygen atoms in total. The lowest BCUT2D eigenvalue weighted by atomic mass is 10.2. The Kier molecular flexibility index (Phi) is 8.16. The number of hydrogen-bond acceptors (Lipinski definition) is 7. The Bertz CT molecular complexity index is 1250. The molecule has 0 saturated carbocycles. The van der Waals surface area contributed by atoms with Crippen molar-refractivity contribution < 1.29 is 26.9 Å². The van der Waals surface area contributed by atoms with Gasteiger partial charge in [0.2, 0.25) is 5.75 Å². The predicted octanol–water partition coefficient (Wildman–Crippen LogP) is 4.30. The fraction of sp³-hybridized carbons (Fsp3) is 0.0909. The quantitative estimate of drug-likeness (QED) is 0.262. The normalized spacial score (nSPS) is 11.2. The van der Waals surface area contributed by atoms with Crippen LogP contribution in [0.25, 0.3) is 0 Å². The first-order valence-electron chi connectivity index (χ1n) is 9.36. The van der Waals surface area contributed by atoms with Gasteiger partial charge in [-0.05, 0) is 54.1 Å². The van der Waals surface area contributed by atoms with Crippen LogP contribution in [-0.2, 0) is 14.9 Å². The van der Waals surface area contributed by atoms with Crippen LogP contribution in [0.15, 0.2) is 76.7 Å². The summed E-state index contributed by atoms with van der Waals surface area (Å²) in [6, 6.07) is 17.1. The van der Waals surface area contributed by atoms with Gasteiger partial charge in [0.05, 0.1) is 18.3 Å². The number of hydrazone groups is 1. The number of carbonyl (C=O) groups excluding carboxylic acids is 1. The third kappa shape index (κ3) is 6.85. The number of carbonyl (C=O) groups is 1. The Hall–Kier alpha value is -3.27. The van der Waals surface area contributed by atoms with Gasteiger partial charge in [-0.3, -0.25) is 4.79 Å². The van der Waals surface area contributed by atoms with Crippen LogP contribution in [0.1, 0.15) is 5.56 Å². The zero-order valence-electron chi connectivity index (χ0n) is 17.2. The summed E-state index contributed by atoms with van der Waals surface area (Å²) in [6.45, 7) is -0.257. The number of methoxy groups -OCH3 is 1. The van der Waals surface area contributed by atoms with Gasteiger partial charge in [-0.15, -0.1) is 0 Å². The van der Waals surface area contributed by atoms with E-state index in [9.17, 15) is 13.2 Å². The van der Waals surface area contributed by atoms with Gasteiger partial charge in [0, 0.05) is 5.02 Å². The average molecular weight is 509 g/mol. The highest BCUT2D eigenvalue weighted by molar-refractivity contribution is 7.87. The van der Waals surface area contributed by atoms with Gasteiger partial charge in [0.25, 0.3) is 5.91 Å². The standard InChI is InChI=1S/C22H18Cl2N2O6S/c1-30-20-12-15(13-25-26-21(27)14-31-17-9-7-16(23)8-10-17)11-19(24)22(20)32-33(28,29)18-5-3-2-4-6-18/h2-13H,14H2,1H3,(H,26,27)/b25-13-. The molecule has 0 radical (unpaired) electrons. The van der Waals surface area contributed by atoms with E-state index in [2.05, 4.69) is 10.5 Å². The van der Waals surface area contributed by atoms with Gasteiger partial charge in [-0.1, -0.05) is 41.4 Å². The minimum atomic E-state index is -4.12. The molecule has 0 aromatic heterocycles. The maximum atomic E-state index is 12.5. The molecule has 1 amide bonds. The number of halogens is 2. The average Bonchev–Trinajstić information content (AvgIpc) is 2.80. The molecule has 0 bridgehead atoms. The fourth-order valence-electron chi connectivity index (χ4n) is 2.53. The maximum absolute atomic E-state index is 12.5. The van der Waals surface area contributed by atoms with Gasteiger partial charge < -0.3 is 13.7 Å². The van der Waals surface area contributed by atoms with Gasteiger partial charge >= 0.3 is 10.1 Å². The van der Waals surface area contributed by atoms with E-state index in [0.29, 0.717) is 16.3 Å². The molecule has 0 aliphatic carbocycles. The van der Waals surface area contributed by atoms with E-state index >= 15 is 0 Å². The lowest BCUT2D eigenvalue weighted by Gasteiger charge is -2.13. The summed E-state index contributed by atoms with van der Waals surface area (Å²) < 4.78 is 40.7. The molecule has 0 aliphatic rings. The summed E-state index contributed by atoms with van der Waals surface area (Å²) in [5, 5.41) is 4.37. The van der Waals surface area contributed by atoms with Crippen molar-refractivity contribution in [2.75, 3.05) is 13.7 Å². The van der Waals surface area contributed by atoms with E-state index < -0.39 is 16.0 Å². The first-order chi connectivity index (χ1) is 15.8. The van der Waals surface area contributed by atoms with Crippen molar-refractivity contribution in [1.82, 2.24) is 5.43 Å². The zero-order valence-corrected chi connectivity index (χ0v) is 19.5. The molecule has 3 rings (SSSR count). The molecule has 1 N–H and O–H groups in total. The molecule has 11 heteroatoms. The second-order valence-corrected chi connectivity index (χ2v) is 8.81. The molecule has 0 heterocycles. The molecule has 3 aromatic rings. The number of nitrogens with one attached hydrogen (secondary N) is 1. The molecule has 0 saturated heterocycles. The number of benzene rings is 3. The lowest BCUT2D eigenvalue weighted by Crippen LogP contribution is -2.24. The highest BCUT2D eigenvalue weighted by Gasteiger charge is 2.21. The SMILES string of the molecule is COc1cc(/C=N\NC(=O)COc2ccc(Cl)cc2)cc(Cl)c1OS(=O)(=O)c1ccccc1. The summed E-state index contributed by atoms with van der Waals surface area (Å²) in [7, 11) is -2.78. The Morgan fingerprint density at radius 1 is 1.06 bits per heavy atom. The highest BCUT2D eigenvalue weighted by atomic mass is 35.5. The Balaban J connectivity index is 1.65. The predicted molar refractivity (Wildman–Crippen MR) is 125 cm³/mol. The second kappa shape index (κ2) is 11.0. The van der Waals surface area contributed by atoms with Crippen LogP contribution < -0.4 is 19.1 Å². The van der Waals surface area contributed by atoms with Crippen molar-refractivity contribution in [3.63, 3.8) is 0 Å². The van der Waals surface area contributed by atoms with Crippen LogP contribution in [0.4, 0.5) is 0 Å². The number of rotatable bonds is 9. The molecule has 0 aliphatic heterocycles. The second-order valence-electron chi connectivity index (χ2n) is 6.42. The molecule has 33 heavy (non-hydrogen) atoms. The third-order valence-electron chi connectivity index (χ3n) is 4.06. The number of hydrogen-bond donors (Lipinski definition) is 1. The monoisotopic (exact) mass is 508 g/mol. The molecule has 0 unspecified atom stereocenters. The molecular weight excluding hydrogens is 491 g/mol. The molecule has 172 valence electrons. The summed E-state index contributed by atoms with van der Waals surface area (Å²) in [5.41, 5.74) is 2.74. The van der Waals surface area contributed by atoms with Crippen LogP contribution in [0.5, 0.6) is 17.2 Å². The number of amides is 1. The van der Waals surface area contributed by atoms with Crippen molar-refractivity contribution in [2.24, 2.45) is 5.10 Å². The van der Waals surface area contributed by atoms with Gasteiger partial charge in [0.1, 0.15) is 10.6 Å². The van der Waals surface area contributed by atoms with Crippen molar-refractivity contribution in [2.45, 2.75) is 4.90 Å². The first kappa shape index (κ1) is 24.4. The number of nitrogens with zero attached hydrogens (tertiary/aromatic N) is 1. The minimum absolute atomic E-state index is 0.0206. The Morgan fingerprint density at radius 3 is 2.42 bits per heavy atom. The third-order valence-corrected chi connectivity index (χ3v) is 5.83. The summed E-state index contributed by atoms with van der Waals surface area (Å²) in [6.07, 6.45) is 1.31. The van der Waals surface area contributed by atoms with Crippen molar-refractivity contribution >= 4 is 45.4 Å². The van der Waals surface area contributed by atoms with Gasteiger partial charge in [-0.2, -0.15) is 13.5 Å². The smallest absolute Gasteiger partial charge is 0.339 e. The van der Waals surface area contributed by atoms with Crippen LogP contribution in [0.3, 0.4) is 0 Å². The van der Waals surface area contributed by atoms with E-state index in [4.69, 9.17) is 36.9 Å². The Labute approximate surface area is 200 Å². The molecule has 0 atom stereocenters. The van der Waals surface area contributed by atoms with Crippen molar-refractivity contribution in [1.29, 1.82) is 0 Å². The fourth-order valence-corrected chi connectivity index (χ4v) is 3.94. The van der Waals surface area contributed by atoms with E-state index in [1.807, 2.05) is 0 Å². The summed E-state index contributed by atoms with van der Waals surface area (Å²) in [4.78, 5) is 11.9. The highest BCUT2D eigenvalue weighted by Crippen LogP contribution is 2.38. The zero-order chi connectivity index (χ0) is 23.8. The largest absolute Gasteiger partial charge is 0.493 e. The van der Waals surface area contributed by atoms with Crippen molar-refractivity contribution in [3.05, 3.63) is 82.3 Å². The lowest BCUT2D eigenvalue weighted by molar-refractivity contribution is -0.123. The summed E-state index contributed by atoms with van der Waals surface area (Å²) >= 11 is 12.0. The number of ether oxygens (including phenoxy) is 2. The van der Waals surface area contributed by atoms with E-state index in [1.165, 1.54) is 37.6 Å². The van der Waals surface area contributed by atoms with E-state index in [0.717, 1.165) is 0 Å². The first-order valence-corrected chi connectivity index (χ1v) is 11.5. The van der Waals surface area contributed by atoms with Gasteiger partial charge in [0.15, 0.2) is 12.4 Å². The Morgan fingerprint density at radius 2 is 1.76 bits per heavy atom. The van der Waals surface area contributed by atoms with Gasteiger partial charge in [-0.25, -0.2) is 5.43 Å². The molecule has 3 aromatic carbocycles. The molecular formula is C22H18Cl2N2O6S. The van der Waals surface area contributed by atoms with E-state index in [1.54, 1.807) is 42.5 Å². The van der Waals surface area contributed by atoms with Crippen LogP contribution in [0, 0.1) is 0 Å². The van der Waals surface area contributed by atoms with Crippen LogP contribution in [-0.4, -0.2) is 34.3 Å². The maximum Gasteiger partial charge on any atom is 0.339 e. The minimum Gasteiger partial charge on any atom is -0.493 e. The molecule has 0 fully saturated rings. The van der Waals surface area contributed by atoms with Crippen LogP contribution in [0.2, 0.25) is 10.0 Å². The van der Waals surface area contributed by atoms with Crippen molar-refractivity contribution in [3.8, 4) is 17.2 Å². The molecule has 0 spiro atoms. The topological polar surface area (TPSA) is 103 Å². The van der Waals surface area contributed by atoms with E-state index in [-0.39, 0.29) is 28.0 Å². The van der Waals surface area contributed by atoms with Crippen LogP contribution >= 0.6 is 23.2 Å². The summed E-state index contributed by atoms with van der Waals surface area (Å²) in [5.74, 6) is -0.106.